The van der Waals surface area contributed by atoms with Crippen LogP contribution in [0.15, 0.2) is 67.7 Å². The zero-order chi connectivity index (χ0) is 15.9. The van der Waals surface area contributed by atoms with E-state index in [4.69, 9.17) is 4.74 Å². The van der Waals surface area contributed by atoms with Crippen LogP contribution in [-0.4, -0.2) is 17.1 Å². The highest BCUT2D eigenvalue weighted by molar-refractivity contribution is 5.77. The third-order valence-corrected chi connectivity index (χ3v) is 3.06. The van der Waals surface area contributed by atoms with Gasteiger partial charge < -0.3 is 10.1 Å². The van der Waals surface area contributed by atoms with Crippen LogP contribution in [0.1, 0.15) is 11.3 Å². The Balaban J connectivity index is 2.31. The van der Waals surface area contributed by atoms with Gasteiger partial charge in [-0.25, -0.2) is 9.97 Å². The Hall–Kier alpha value is -2.88. The van der Waals surface area contributed by atoms with Crippen molar-refractivity contribution in [2.24, 2.45) is 0 Å². The minimum atomic E-state index is 0.528. The normalized spacial score (nSPS) is 10.9. The Labute approximate surface area is 130 Å². The number of ether oxygens (including phenoxy) is 1. The summed E-state index contributed by atoms with van der Waals surface area (Å²) in [4.78, 5) is 8.52. The average Bonchev–Trinajstić information content (AvgIpc) is 2.52. The summed E-state index contributed by atoms with van der Waals surface area (Å²) in [7, 11) is 1.58. The number of nitrogens with one attached hydrogen (secondary N) is 1. The van der Waals surface area contributed by atoms with Crippen LogP contribution in [0, 0.1) is 6.92 Å². The van der Waals surface area contributed by atoms with Gasteiger partial charge in [0.05, 0.1) is 12.8 Å². The lowest BCUT2D eigenvalue weighted by molar-refractivity contribution is 0.312. The van der Waals surface area contributed by atoms with Crippen molar-refractivity contribution >= 4 is 17.1 Å². The second kappa shape index (κ2) is 7.22. The molecule has 22 heavy (non-hydrogen) atoms. The summed E-state index contributed by atoms with van der Waals surface area (Å²) in [6.45, 7) is 9.63. The first-order chi connectivity index (χ1) is 10.6. The molecule has 4 nitrogen and oxygen atoms in total. The molecule has 4 heteroatoms. The number of anilines is 2. The fraction of sp³-hybridized carbons (Fsp3) is 0.111. The van der Waals surface area contributed by atoms with Crippen LogP contribution in [0.3, 0.4) is 0 Å². The van der Waals surface area contributed by atoms with E-state index >= 15 is 0 Å². The van der Waals surface area contributed by atoms with Crippen molar-refractivity contribution in [3.05, 3.63) is 79.0 Å². The van der Waals surface area contributed by atoms with Gasteiger partial charge >= 0.3 is 0 Å². The summed E-state index contributed by atoms with van der Waals surface area (Å²) in [5, 5.41) is 3.26. The van der Waals surface area contributed by atoms with Crippen molar-refractivity contribution in [2.45, 2.75) is 6.92 Å². The van der Waals surface area contributed by atoms with E-state index in [2.05, 4.69) is 34.5 Å². The van der Waals surface area contributed by atoms with Crippen LogP contribution >= 0.6 is 0 Å². The van der Waals surface area contributed by atoms with Crippen molar-refractivity contribution < 1.29 is 4.74 Å². The van der Waals surface area contributed by atoms with Crippen molar-refractivity contribution in [3.8, 4) is 0 Å². The molecular formula is C18H19N3O. The molecule has 0 aliphatic heterocycles. The quantitative estimate of drug-likeness (QED) is 0.638. The van der Waals surface area contributed by atoms with Crippen molar-refractivity contribution in [2.75, 3.05) is 12.4 Å². The minimum Gasteiger partial charge on any atom is -0.497 e. The Morgan fingerprint density at radius 2 is 2.09 bits per heavy atom. The first-order valence-corrected chi connectivity index (χ1v) is 6.86. The number of benzene rings is 1. The standard InChI is InChI=1S/C18H19N3O/c1-5-7-16(14(3)22-4)17-11-18(20-12-19-17)21-15-9-6-8-13(2)10-15/h5-12H,1,3H2,2,4H3,(H,19,20,21)/b16-7+. The number of allylic oxidation sites excluding steroid dienone is 3. The van der Waals surface area contributed by atoms with Gasteiger partial charge in [-0.15, -0.1) is 0 Å². The number of aromatic nitrogens is 2. The molecule has 0 saturated carbocycles. The molecular weight excluding hydrogens is 274 g/mol. The SMILES string of the molecule is C=C/C=C(\C(=C)OC)c1cc(Nc2cccc(C)c2)ncn1. The number of methoxy groups -OCH3 is 1. The van der Waals surface area contributed by atoms with E-state index in [1.165, 1.54) is 11.9 Å². The zero-order valence-electron chi connectivity index (χ0n) is 12.8. The maximum atomic E-state index is 5.20. The highest BCUT2D eigenvalue weighted by atomic mass is 16.5. The van der Waals surface area contributed by atoms with Gasteiger partial charge in [-0.05, 0) is 30.7 Å². The lowest BCUT2D eigenvalue weighted by atomic mass is 10.1. The fourth-order valence-corrected chi connectivity index (χ4v) is 1.99. The predicted molar refractivity (Wildman–Crippen MR) is 90.8 cm³/mol. The van der Waals surface area contributed by atoms with Crippen LogP contribution in [0.2, 0.25) is 0 Å². The van der Waals surface area contributed by atoms with Gasteiger partial charge in [0.2, 0.25) is 0 Å². The van der Waals surface area contributed by atoms with E-state index in [1.807, 2.05) is 37.3 Å². The summed E-state index contributed by atoms with van der Waals surface area (Å²) >= 11 is 0. The van der Waals surface area contributed by atoms with Crippen molar-refractivity contribution in [1.82, 2.24) is 9.97 Å². The van der Waals surface area contributed by atoms with Crippen LogP contribution in [-0.2, 0) is 4.74 Å². The molecule has 0 fully saturated rings. The number of hydrogen-bond donors (Lipinski definition) is 1. The largest absolute Gasteiger partial charge is 0.497 e. The lowest BCUT2D eigenvalue weighted by Gasteiger charge is -2.11. The van der Waals surface area contributed by atoms with E-state index in [1.54, 1.807) is 13.2 Å². The molecule has 2 rings (SSSR count). The molecule has 0 unspecified atom stereocenters. The fourth-order valence-electron chi connectivity index (χ4n) is 1.99. The summed E-state index contributed by atoms with van der Waals surface area (Å²) in [6.07, 6.45) is 4.99. The molecule has 0 saturated heterocycles. The molecule has 0 bridgehead atoms. The first kappa shape index (κ1) is 15.5. The highest BCUT2D eigenvalue weighted by Crippen LogP contribution is 2.23. The highest BCUT2D eigenvalue weighted by Gasteiger charge is 2.09. The number of nitrogens with zero attached hydrogens (tertiary/aromatic N) is 2. The molecule has 0 radical (unpaired) electrons. The molecule has 2 aromatic rings. The van der Waals surface area contributed by atoms with Gasteiger partial charge in [-0.1, -0.05) is 31.4 Å². The van der Waals surface area contributed by atoms with Crippen LogP contribution in [0.5, 0.6) is 0 Å². The molecule has 0 amide bonds. The molecule has 1 aromatic carbocycles. The van der Waals surface area contributed by atoms with Crippen LogP contribution < -0.4 is 5.32 Å². The first-order valence-electron chi connectivity index (χ1n) is 6.86. The van der Waals surface area contributed by atoms with Gasteiger partial charge in [0.15, 0.2) is 0 Å². The molecule has 1 N–H and O–H groups in total. The van der Waals surface area contributed by atoms with Gasteiger partial charge in [0.25, 0.3) is 0 Å². The van der Waals surface area contributed by atoms with Crippen LogP contribution in [0.4, 0.5) is 11.5 Å². The average molecular weight is 293 g/mol. The monoisotopic (exact) mass is 293 g/mol. The van der Waals surface area contributed by atoms with Crippen LogP contribution in [0.25, 0.3) is 5.57 Å². The van der Waals surface area contributed by atoms with Gasteiger partial charge in [-0.2, -0.15) is 0 Å². The third-order valence-electron chi connectivity index (χ3n) is 3.06. The lowest BCUT2D eigenvalue weighted by Crippen LogP contribution is -1.99. The maximum Gasteiger partial charge on any atom is 0.134 e. The Kier molecular flexibility index (Phi) is 5.09. The maximum absolute atomic E-state index is 5.20. The molecule has 1 aromatic heterocycles. The topological polar surface area (TPSA) is 47.0 Å². The molecule has 0 atom stereocenters. The van der Waals surface area contributed by atoms with E-state index in [0.29, 0.717) is 11.6 Å². The van der Waals surface area contributed by atoms with Crippen molar-refractivity contribution in [3.63, 3.8) is 0 Å². The van der Waals surface area contributed by atoms with Crippen molar-refractivity contribution in [1.29, 1.82) is 0 Å². The second-order valence-electron chi connectivity index (χ2n) is 4.73. The summed E-state index contributed by atoms with van der Waals surface area (Å²) in [6, 6.07) is 9.93. The molecule has 1 heterocycles. The smallest absolute Gasteiger partial charge is 0.134 e. The molecule has 0 aliphatic carbocycles. The third kappa shape index (κ3) is 3.82. The number of rotatable bonds is 6. The van der Waals surface area contributed by atoms with Gasteiger partial charge in [-0.3, -0.25) is 0 Å². The summed E-state index contributed by atoms with van der Waals surface area (Å²) in [5.74, 6) is 1.23. The van der Waals surface area contributed by atoms with E-state index < -0.39 is 0 Å². The Morgan fingerprint density at radius 3 is 2.77 bits per heavy atom. The Bertz CT molecular complexity index is 720. The predicted octanol–water partition coefficient (Wildman–Crippen LogP) is 4.26. The minimum absolute atomic E-state index is 0.528. The molecule has 112 valence electrons. The number of hydrogen-bond acceptors (Lipinski definition) is 4. The zero-order valence-corrected chi connectivity index (χ0v) is 12.8. The van der Waals surface area contributed by atoms with E-state index in [-0.39, 0.29) is 0 Å². The van der Waals surface area contributed by atoms with E-state index in [0.717, 1.165) is 17.0 Å². The molecule has 0 spiro atoms. The molecule has 0 aliphatic rings. The second-order valence-corrected chi connectivity index (χ2v) is 4.73. The van der Waals surface area contributed by atoms with Gasteiger partial charge in [0.1, 0.15) is 17.9 Å². The summed E-state index contributed by atoms with van der Waals surface area (Å²) in [5.41, 5.74) is 3.65. The number of aryl methyl sites for hydroxylation is 1. The van der Waals surface area contributed by atoms with E-state index in [9.17, 15) is 0 Å². The summed E-state index contributed by atoms with van der Waals surface area (Å²) < 4.78 is 5.20. The van der Waals surface area contributed by atoms with Gasteiger partial charge in [0, 0.05) is 17.3 Å². The Morgan fingerprint density at radius 1 is 1.27 bits per heavy atom.